The van der Waals surface area contributed by atoms with Crippen molar-refractivity contribution >= 4 is 17.2 Å². The van der Waals surface area contributed by atoms with Gasteiger partial charge in [-0.05, 0) is 34.9 Å². The van der Waals surface area contributed by atoms with Crippen LogP contribution in [-0.2, 0) is 17.6 Å². The second-order valence-corrected chi connectivity index (χ2v) is 6.32. The summed E-state index contributed by atoms with van der Waals surface area (Å²) >= 11 is 1.64. The van der Waals surface area contributed by atoms with Crippen molar-refractivity contribution in [3.8, 4) is 5.88 Å². The lowest BCUT2D eigenvalue weighted by atomic mass is 10.0. The molecule has 0 saturated heterocycles. The molecule has 6 nitrogen and oxygen atoms in total. The molecule has 25 heavy (non-hydrogen) atoms. The van der Waals surface area contributed by atoms with Gasteiger partial charge in [-0.15, -0.1) is 0 Å². The molecule has 0 unspecified atom stereocenters. The number of hydrogen-bond donors (Lipinski definition) is 1. The Labute approximate surface area is 149 Å². The molecule has 0 aliphatic rings. The molecule has 0 aromatic carbocycles. The molecule has 0 bridgehead atoms. The van der Waals surface area contributed by atoms with E-state index < -0.39 is 0 Å². The molecule has 0 radical (unpaired) electrons. The molecule has 1 atom stereocenters. The van der Waals surface area contributed by atoms with Crippen LogP contribution in [0.3, 0.4) is 0 Å². The van der Waals surface area contributed by atoms with E-state index in [0.29, 0.717) is 30.9 Å². The Morgan fingerprint density at radius 1 is 1.36 bits per heavy atom. The Morgan fingerprint density at radius 2 is 2.28 bits per heavy atom. The van der Waals surface area contributed by atoms with Crippen LogP contribution >= 0.6 is 11.3 Å². The maximum absolute atomic E-state index is 12.4. The van der Waals surface area contributed by atoms with E-state index >= 15 is 0 Å². The van der Waals surface area contributed by atoms with Gasteiger partial charge in [0.05, 0.1) is 19.3 Å². The van der Waals surface area contributed by atoms with Gasteiger partial charge in [-0.25, -0.2) is 4.98 Å². The number of ether oxygens (including phenoxy) is 1. The lowest BCUT2D eigenvalue weighted by Crippen LogP contribution is -2.30. The minimum Gasteiger partial charge on any atom is -0.481 e. The van der Waals surface area contributed by atoms with Gasteiger partial charge < -0.3 is 14.6 Å². The van der Waals surface area contributed by atoms with Crippen molar-refractivity contribution in [2.24, 2.45) is 0 Å². The average molecular weight is 357 g/mol. The number of nitrogens with zero attached hydrogens (tertiary/aromatic N) is 2. The Bertz CT molecular complexity index is 788. The highest BCUT2D eigenvalue weighted by Gasteiger charge is 2.20. The molecule has 0 spiro atoms. The zero-order valence-corrected chi connectivity index (χ0v) is 14.7. The Balaban J connectivity index is 1.72. The minimum absolute atomic E-state index is 0.0532. The third-order valence-corrected chi connectivity index (χ3v) is 4.55. The summed E-state index contributed by atoms with van der Waals surface area (Å²) in [5, 5.41) is 10.8. The third-order valence-electron chi connectivity index (χ3n) is 3.81. The van der Waals surface area contributed by atoms with E-state index in [4.69, 9.17) is 9.26 Å². The van der Waals surface area contributed by atoms with Crippen LogP contribution in [0.15, 0.2) is 51.9 Å². The van der Waals surface area contributed by atoms with Crippen molar-refractivity contribution in [3.05, 3.63) is 64.3 Å². The highest BCUT2D eigenvalue weighted by atomic mass is 32.1. The number of thiophene rings is 1. The molecule has 3 rings (SSSR count). The van der Waals surface area contributed by atoms with E-state index in [1.165, 1.54) is 0 Å². The lowest BCUT2D eigenvalue weighted by molar-refractivity contribution is -0.121. The van der Waals surface area contributed by atoms with E-state index in [1.807, 2.05) is 17.5 Å². The molecule has 0 saturated carbocycles. The predicted octanol–water partition coefficient (Wildman–Crippen LogP) is 3.17. The number of methoxy groups -OCH3 is 1. The van der Waals surface area contributed by atoms with Crippen LogP contribution < -0.4 is 10.1 Å². The van der Waals surface area contributed by atoms with Gasteiger partial charge in [0.1, 0.15) is 5.76 Å². The second kappa shape index (κ2) is 8.43. The number of amides is 1. The summed E-state index contributed by atoms with van der Waals surface area (Å²) in [7, 11) is 1.58. The molecule has 0 aliphatic heterocycles. The lowest BCUT2D eigenvalue weighted by Gasteiger charge is -2.20. The summed E-state index contributed by atoms with van der Waals surface area (Å²) in [6, 6.07) is 7.39. The molecule has 3 aromatic rings. The number of nitrogens with one attached hydrogen (secondary N) is 1. The van der Waals surface area contributed by atoms with Gasteiger partial charge in [-0.1, -0.05) is 11.2 Å². The van der Waals surface area contributed by atoms with Gasteiger partial charge in [0, 0.05) is 30.7 Å². The number of carbonyl (C=O) groups is 1. The first kappa shape index (κ1) is 17.2. The van der Waals surface area contributed by atoms with E-state index in [1.54, 1.807) is 36.9 Å². The van der Waals surface area contributed by atoms with Crippen molar-refractivity contribution < 1.29 is 14.1 Å². The van der Waals surface area contributed by atoms with E-state index in [2.05, 4.69) is 26.9 Å². The number of carbonyl (C=O) groups excluding carboxylic acids is 1. The standard InChI is InChI=1S/C18H19N3O3S/c1-23-18-15(3-2-8-19-18)16(11-13-7-10-25-12-13)21-17(22)5-4-14-6-9-20-24-14/h2-3,6-10,12,16H,4-5,11H2,1H3,(H,21,22)/t16-/m1/s1. The first-order valence-electron chi connectivity index (χ1n) is 7.95. The zero-order valence-electron chi connectivity index (χ0n) is 13.8. The van der Waals surface area contributed by atoms with Crippen molar-refractivity contribution in [2.45, 2.75) is 25.3 Å². The maximum Gasteiger partial charge on any atom is 0.220 e. The van der Waals surface area contributed by atoms with Crippen molar-refractivity contribution in [1.82, 2.24) is 15.5 Å². The normalized spacial score (nSPS) is 11.9. The van der Waals surface area contributed by atoms with Crippen LogP contribution in [-0.4, -0.2) is 23.2 Å². The summed E-state index contributed by atoms with van der Waals surface area (Å²) in [5.74, 6) is 1.17. The number of aromatic nitrogens is 2. The van der Waals surface area contributed by atoms with Gasteiger partial charge in [-0.3, -0.25) is 4.79 Å². The predicted molar refractivity (Wildman–Crippen MR) is 94.5 cm³/mol. The van der Waals surface area contributed by atoms with Crippen molar-refractivity contribution in [3.63, 3.8) is 0 Å². The number of hydrogen-bond acceptors (Lipinski definition) is 6. The van der Waals surface area contributed by atoms with E-state index in [-0.39, 0.29) is 11.9 Å². The maximum atomic E-state index is 12.4. The average Bonchev–Trinajstić information content (AvgIpc) is 3.33. The van der Waals surface area contributed by atoms with Crippen LogP contribution in [0.25, 0.3) is 0 Å². The molecule has 130 valence electrons. The topological polar surface area (TPSA) is 77.2 Å². The molecular formula is C18H19N3O3S. The van der Waals surface area contributed by atoms with Crippen molar-refractivity contribution in [1.29, 1.82) is 0 Å². The Hall–Kier alpha value is -2.67. The summed E-state index contributed by atoms with van der Waals surface area (Å²) in [6.45, 7) is 0. The largest absolute Gasteiger partial charge is 0.481 e. The van der Waals surface area contributed by atoms with E-state index in [0.717, 1.165) is 11.1 Å². The fourth-order valence-corrected chi connectivity index (χ4v) is 3.28. The fourth-order valence-electron chi connectivity index (χ4n) is 2.60. The van der Waals surface area contributed by atoms with Gasteiger partial charge in [0.25, 0.3) is 0 Å². The number of aryl methyl sites for hydroxylation is 1. The first-order valence-corrected chi connectivity index (χ1v) is 8.89. The smallest absolute Gasteiger partial charge is 0.220 e. The molecule has 7 heteroatoms. The molecular weight excluding hydrogens is 338 g/mol. The van der Waals surface area contributed by atoms with Crippen LogP contribution in [0, 0.1) is 0 Å². The Kier molecular flexibility index (Phi) is 5.79. The fraction of sp³-hybridized carbons (Fsp3) is 0.278. The van der Waals surface area contributed by atoms with Crippen LogP contribution in [0.2, 0.25) is 0 Å². The monoisotopic (exact) mass is 357 g/mol. The Morgan fingerprint density at radius 3 is 3.00 bits per heavy atom. The zero-order chi connectivity index (χ0) is 17.5. The molecule has 1 N–H and O–H groups in total. The quantitative estimate of drug-likeness (QED) is 0.670. The van der Waals surface area contributed by atoms with E-state index in [9.17, 15) is 4.79 Å². The van der Waals surface area contributed by atoms with Gasteiger partial charge >= 0.3 is 0 Å². The van der Waals surface area contributed by atoms with Crippen LogP contribution in [0.1, 0.15) is 29.3 Å². The third kappa shape index (κ3) is 4.67. The minimum atomic E-state index is -0.208. The number of rotatable bonds is 8. The highest BCUT2D eigenvalue weighted by molar-refractivity contribution is 7.07. The van der Waals surface area contributed by atoms with Gasteiger partial charge in [0.2, 0.25) is 11.8 Å². The molecule has 1 amide bonds. The molecule has 3 heterocycles. The molecule has 0 fully saturated rings. The first-order chi connectivity index (χ1) is 12.3. The summed E-state index contributed by atoms with van der Waals surface area (Å²) in [6.07, 6.45) is 4.78. The molecule has 0 aliphatic carbocycles. The summed E-state index contributed by atoms with van der Waals surface area (Å²) in [4.78, 5) is 16.7. The highest BCUT2D eigenvalue weighted by Crippen LogP contribution is 2.26. The van der Waals surface area contributed by atoms with Crippen molar-refractivity contribution in [2.75, 3.05) is 7.11 Å². The van der Waals surface area contributed by atoms with Gasteiger partial charge in [-0.2, -0.15) is 11.3 Å². The molecule has 3 aromatic heterocycles. The van der Waals surface area contributed by atoms with Crippen LogP contribution in [0.4, 0.5) is 0 Å². The van der Waals surface area contributed by atoms with Gasteiger partial charge in [0.15, 0.2) is 0 Å². The number of pyridine rings is 1. The summed E-state index contributed by atoms with van der Waals surface area (Å²) < 4.78 is 10.4. The second-order valence-electron chi connectivity index (χ2n) is 5.54. The summed E-state index contributed by atoms with van der Waals surface area (Å²) in [5.41, 5.74) is 2.03. The van der Waals surface area contributed by atoms with Crippen LogP contribution in [0.5, 0.6) is 5.88 Å². The SMILES string of the molecule is COc1ncccc1[C@@H](Cc1ccsc1)NC(=O)CCc1ccno1.